The Kier molecular flexibility index (Phi) is 12.8. The van der Waals surface area contributed by atoms with Crippen molar-refractivity contribution in [3.63, 3.8) is 0 Å². The van der Waals surface area contributed by atoms with Gasteiger partial charge in [0.05, 0.1) is 0 Å². The van der Waals surface area contributed by atoms with E-state index in [4.69, 9.17) is 14.2 Å². The molecule has 0 atom stereocenters. The Morgan fingerprint density at radius 1 is 0.353 bits per heavy atom. The van der Waals surface area contributed by atoms with E-state index in [1.54, 1.807) is 18.2 Å². The Morgan fingerprint density at radius 2 is 0.691 bits per heavy atom. The minimum absolute atomic E-state index is 0.0126. The number of hydrogen-bond acceptors (Lipinski definition) is 9. The van der Waals surface area contributed by atoms with E-state index in [0.29, 0.717) is 23.8 Å². The summed E-state index contributed by atoms with van der Waals surface area (Å²) in [6.07, 6.45) is 3.09. The lowest BCUT2D eigenvalue weighted by molar-refractivity contribution is 0.0716. The molecule has 0 heterocycles. The number of esters is 3. The summed E-state index contributed by atoms with van der Waals surface area (Å²) in [6.45, 7) is 0. The van der Waals surface area contributed by atoms with Crippen molar-refractivity contribution in [2.45, 2.75) is 0 Å². The van der Waals surface area contributed by atoms with Crippen molar-refractivity contribution in [3.05, 3.63) is 214 Å². The van der Waals surface area contributed by atoms with Gasteiger partial charge in [0, 0.05) is 41.0 Å². The third-order valence-corrected chi connectivity index (χ3v) is 10.3. The van der Waals surface area contributed by atoms with Gasteiger partial charge in [0.15, 0.2) is 0 Å². The predicted octanol–water partition coefficient (Wildman–Crippen LogP) is 12.5. The molecule has 3 N–H and O–H groups in total. The fourth-order valence-electron chi connectivity index (χ4n) is 6.91. The van der Waals surface area contributed by atoms with Gasteiger partial charge in [-0.1, -0.05) is 42.5 Å². The quantitative estimate of drug-likeness (QED) is 0.0500. The molecule has 8 aromatic carbocycles. The van der Waals surface area contributed by atoms with Crippen molar-refractivity contribution < 1.29 is 70.3 Å². The van der Waals surface area contributed by atoms with Crippen LogP contribution in [0.3, 0.4) is 0 Å². The molecule has 0 fully saturated rings. The summed E-state index contributed by atoms with van der Waals surface area (Å²) in [5, 5.41) is 31.6. The third-order valence-electron chi connectivity index (χ3n) is 10.3. The number of carbonyl (C=O) groups excluding carboxylic acids is 3. The van der Waals surface area contributed by atoms with E-state index in [0.717, 1.165) is 60.7 Å². The molecule has 0 spiro atoms. The molecule has 8 rings (SSSR count). The number of rotatable bonds is 11. The number of ether oxygens (including phenoxy) is 3. The smallest absolute Gasteiger partial charge is 0.347 e. The Balaban J connectivity index is 1.06. The van der Waals surface area contributed by atoms with Gasteiger partial charge in [-0.3, -0.25) is 0 Å². The predicted molar refractivity (Wildman–Crippen MR) is 237 cm³/mol. The maximum absolute atomic E-state index is 14.7. The van der Waals surface area contributed by atoms with E-state index in [2.05, 4.69) is 0 Å². The molecular formula is C53H30F6O9. The standard InChI is InChI=1S/C53H30F6O9/c54-33-8-13-39(45(57)24-33)30-5-16-48(60)42(21-30)51(63)66-36-11-3-28(4-12-36)1-2-29-19-37(67-52(64)43-22-31(6-17-49(43)61)40-14-9-34(55)25-46(40)58)27-38(20-29)68-53(65)44-23-32(7-18-50(44)62)41-15-10-35(56)26-47(41)59/h1-27,60-62H/b2-1+. The molecule has 0 amide bonds. The van der Waals surface area contributed by atoms with Crippen molar-refractivity contribution in [2.24, 2.45) is 0 Å². The van der Waals surface area contributed by atoms with Crippen LogP contribution in [0.4, 0.5) is 26.3 Å². The van der Waals surface area contributed by atoms with Gasteiger partial charge >= 0.3 is 17.9 Å². The second kappa shape index (κ2) is 19.2. The number of phenols is 3. The zero-order valence-corrected chi connectivity index (χ0v) is 34.6. The lowest BCUT2D eigenvalue weighted by Gasteiger charge is -2.12. The van der Waals surface area contributed by atoms with Crippen molar-refractivity contribution in [2.75, 3.05) is 0 Å². The van der Waals surface area contributed by atoms with Gasteiger partial charge in [0.1, 0.15) is 86.1 Å². The Hall–Kier alpha value is -9.11. The van der Waals surface area contributed by atoms with E-state index < -0.39 is 81.2 Å². The first kappa shape index (κ1) is 45.5. The topological polar surface area (TPSA) is 140 Å². The largest absolute Gasteiger partial charge is 0.507 e. The van der Waals surface area contributed by atoms with E-state index in [1.165, 1.54) is 66.7 Å². The normalized spacial score (nSPS) is 11.1. The first-order chi connectivity index (χ1) is 32.6. The fourth-order valence-corrected chi connectivity index (χ4v) is 6.91. The number of benzene rings is 8. The minimum atomic E-state index is -1.13. The highest BCUT2D eigenvalue weighted by atomic mass is 19.2. The zero-order chi connectivity index (χ0) is 48.2. The molecule has 0 saturated carbocycles. The second-order valence-electron chi connectivity index (χ2n) is 14.9. The number of aromatic hydroxyl groups is 3. The van der Waals surface area contributed by atoms with Crippen LogP contribution in [-0.2, 0) is 0 Å². The molecule has 0 aliphatic heterocycles. The molecule has 0 aliphatic carbocycles. The molecule has 338 valence electrons. The van der Waals surface area contributed by atoms with Crippen LogP contribution in [0.2, 0.25) is 0 Å². The van der Waals surface area contributed by atoms with Gasteiger partial charge < -0.3 is 29.5 Å². The zero-order valence-electron chi connectivity index (χ0n) is 34.6. The molecule has 0 radical (unpaired) electrons. The Morgan fingerprint density at radius 3 is 1.04 bits per heavy atom. The Labute approximate surface area is 381 Å². The van der Waals surface area contributed by atoms with E-state index in [-0.39, 0.29) is 61.8 Å². The van der Waals surface area contributed by atoms with Crippen LogP contribution in [0.25, 0.3) is 45.5 Å². The lowest BCUT2D eigenvalue weighted by Crippen LogP contribution is -2.11. The van der Waals surface area contributed by atoms with Crippen LogP contribution in [-0.4, -0.2) is 33.2 Å². The molecule has 15 heteroatoms. The van der Waals surface area contributed by atoms with Gasteiger partial charge in [0.25, 0.3) is 0 Å². The van der Waals surface area contributed by atoms with E-state index in [9.17, 15) is 56.0 Å². The van der Waals surface area contributed by atoms with Crippen LogP contribution in [0.5, 0.6) is 34.5 Å². The molecule has 9 nitrogen and oxygen atoms in total. The highest BCUT2D eigenvalue weighted by molar-refractivity contribution is 5.97. The summed E-state index contributed by atoms with van der Waals surface area (Å²) >= 11 is 0. The van der Waals surface area contributed by atoms with Gasteiger partial charge in [0.2, 0.25) is 0 Å². The average Bonchev–Trinajstić information content (AvgIpc) is 3.29. The van der Waals surface area contributed by atoms with Gasteiger partial charge in [-0.2, -0.15) is 0 Å². The molecule has 8 aromatic rings. The molecular weight excluding hydrogens is 895 g/mol. The number of halogens is 6. The van der Waals surface area contributed by atoms with Crippen molar-refractivity contribution in [1.29, 1.82) is 0 Å². The first-order valence-electron chi connectivity index (χ1n) is 20.0. The average molecular weight is 925 g/mol. The Bertz CT molecular complexity index is 3200. The number of carbonyl (C=O) groups is 3. The van der Waals surface area contributed by atoms with Crippen LogP contribution in [0.1, 0.15) is 42.2 Å². The SMILES string of the molecule is O=C(Oc1ccc(/C=C/c2cc(OC(=O)c3cc(-c4ccc(F)cc4F)ccc3O)cc(OC(=O)c3cc(-c4ccc(F)cc4F)ccc3O)c2)cc1)c1cc(-c2ccc(F)cc2F)ccc1O. The van der Waals surface area contributed by atoms with E-state index in [1.807, 2.05) is 0 Å². The number of phenolic OH excluding ortho intramolecular Hbond substituents is 3. The summed E-state index contributed by atoms with van der Waals surface area (Å²) in [4.78, 5) is 40.2. The lowest BCUT2D eigenvalue weighted by atomic mass is 10.0. The molecule has 0 unspecified atom stereocenters. The third kappa shape index (κ3) is 10.2. The highest BCUT2D eigenvalue weighted by Crippen LogP contribution is 2.34. The maximum atomic E-state index is 14.7. The molecule has 0 bridgehead atoms. The monoisotopic (exact) mass is 924 g/mol. The van der Waals surface area contributed by atoms with Crippen LogP contribution in [0, 0.1) is 34.9 Å². The van der Waals surface area contributed by atoms with Crippen LogP contribution >= 0.6 is 0 Å². The van der Waals surface area contributed by atoms with Gasteiger partial charge in [-0.15, -0.1) is 0 Å². The molecule has 0 saturated heterocycles. The fraction of sp³-hybridized carbons (Fsp3) is 0. The van der Waals surface area contributed by atoms with Gasteiger partial charge in [-0.25, -0.2) is 40.7 Å². The minimum Gasteiger partial charge on any atom is -0.507 e. The summed E-state index contributed by atoms with van der Waals surface area (Å²) in [7, 11) is 0. The summed E-state index contributed by atoms with van der Waals surface area (Å²) < 4.78 is 101. The maximum Gasteiger partial charge on any atom is 0.347 e. The summed E-state index contributed by atoms with van der Waals surface area (Å²) in [5.74, 6) is -10.4. The van der Waals surface area contributed by atoms with Crippen molar-refractivity contribution >= 4 is 30.1 Å². The van der Waals surface area contributed by atoms with E-state index >= 15 is 0 Å². The molecule has 0 aromatic heterocycles. The summed E-state index contributed by atoms with van der Waals surface area (Å²) in [5.41, 5.74) is -0.117. The van der Waals surface area contributed by atoms with Crippen molar-refractivity contribution in [1.82, 2.24) is 0 Å². The number of hydrogen-bond donors (Lipinski definition) is 3. The van der Waals surface area contributed by atoms with Crippen LogP contribution < -0.4 is 14.2 Å². The first-order valence-corrected chi connectivity index (χ1v) is 20.0. The summed E-state index contributed by atoms with van der Waals surface area (Å²) in [6, 6.07) is 29.2. The molecule has 68 heavy (non-hydrogen) atoms. The van der Waals surface area contributed by atoms with Gasteiger partial charge in [-0.05, 0) is 125 Å². The van der Waals surface area contributed by atoms with Crippen LogP contribution in [0.15, 0.2) is 152 Å². The molecule has 0 aliphatic rings. The van der Waals surface area contributed by atoms with Crippen molar-refractivity contribution in [3.8, 4) is 67.9 Å². The highest BCUT2D eigenvalue weighted by Gasteiger charge is 2.21. The second-order valence-corrected chi connectivity index (χ2v) is 14.9.